The molecule has 1 aromatic heterocycles. The summed E-state index contributed by atoms with van der Waals surface area (Å²) in [5, 5.41) is 5.26. The van der Waals surface area contributed by atoms with Crippen molar-refractivity contribution < 1.29 is 4.79 Å². The molecule has 3 rings (SSSR count). The van der Waals surface area contributed by atoms with Crippen LogP contribution in [-0.2, 0) is 10.5 Å². The van der Waals surface area contributed by atoms with Gasteiger partial charge in [0.1, 0.15) is 5.82 Å². The predicted molar refractivity (Wildman–Crippen MR) is 101 cm³/mol. The summed E-state index contributed by atoms with van der Waals surface area (Å²) in [5.74, 6) is 1.76. The van der Waals surface area contributed by atoms with Gasteiger partial charge in [0.2, 0.25) is 5.91 Å². The molecule has 2 aromatic carbocycles. The predicted octanol–water partition coefficient (Wildman–Crippen LogP) is 4.87. The number of carbonyl (C=O) groups is 1. The number of amides is 1. The average molecular weight is 387 g/mol. The molecule has 0 aliphatic heterocycles. The van der Waals surface area contributed by atoms with Gasteiger partial charge in [0.25, 0.3) is 0 Å². The van der Waals surface area contributed by atoms with E-state index in [2.05, 4.69) is 56.6 Å². The summed E-state index contributed by atoms with van der Waals surface area (Å²) < 4.78 is 0.890. The van der Waals surface area contributed by atoms with E-state index in [1.54, 1.807) is 24.0 Å². The first-order valence-electron chi connectivity index (χ1n) is 7.17. The first-order chi connectivity index (χ1) is 11.2. The van der Waals surface area contributed by atoms with Crippen LogP contribution in [0.3, 0.4) is 0 Å². The highest BCUT2D eigenvalue weighted by Crippen LogP contribution is 2.19. The van der Waals surface area contributed by atoms with Crippen molar-refractivity contribution in [2.24, 2.45) is 0 Å². The number of nitrogens with one attached hydrogen (secondary N) is 1. The van der Waals surface area contributed by atoms with Crippen molar-refractivity contribution in [1.82, 2.24) is 4.98 Å². The van der Waals surface area contributed by atoms with Gasteiger partial charge in [-0.25, -0.2) is 4.98 Å². The third-order valence-corrected chi connectivity index (χ3v) is 4.78. The molecule has 0 unspecified atom stereocenters. The molecule has 3 nitrogen and oxygen atoms in total. The van der Waals surface area contributed by atoms with Crippen LogP contribution in [0, 0.1) is 0 Å². The van der Waals surface area contributed by atoms with Gasteiger partial charge in [-0.15, -0.1) is 11.8 Å². The number of hydrogen-bond acceptors (Lipinski definition) is 3. The van der Waals surface area contributed by atoms with Crippen LogP contribution in [0.5, 0.6) is 0 Å². The molecule has 0 saturated carbocycles. The molecule has 0 radical (unpaired) electrons. The van der Waals surface area contributed by atoms with Gasteiger partial charge in [0, 0.05) is 16.4 Å². The Morgan fingerprint density at radius 3 is 2.70 bits per heavy atom. The van der Waals surface area contributed by atoms with Crippen LogP contribution in [0.2, 0.25) is 0 Å². The lowest BCUT2D eigenvalue weighted by atomic mass is 10.1. The summed E-state index contributed by atoms with van der Waals surface area (Å²) in [6.07, 6.45) is 1.66. The molecule has 0 atom stereocenters. The molecule has 0 spiro atoms. The van der Waals surface area contributed by atoms with Gasteiger partial charge in [0.15, 0.2) is 0 Å². The highest BCUT2D eigenvalue weighted by molar-refractivity contribution is 9.10. The zero-order valence-electron chi connectivity index (χ0n) is 12.3. The third-order valence-electron chi connectivity index (χ3n) is 3.31. The van der Waals surface area contributed by atoms with E-state index in [1.165, 1.54) is 16.3 Å². The van der Waals surface area contributed by atoms with E-state index in [-0.39, 0.29) is 5.91 Å². The van der Waals surface area contributed by atoms with Crippen LogP contribution >= 0.6 is 27.7 Å². The first-order valence-corrected chi connectivity index (χ1v) is 9.12. The Kier molecular flexibility index (Phi) is 5.31. The summed E-state index contributed by atoms with van der Waals surface area (Å²) in [4.78, 5) is 16.0. The molecular formula is C18H15BrN2OS. The maximum absolute atomic E-state index is 11.9. The van der Waals surface area contributed by atoms with E-state index in [0.29, 0.717) is 11.6 Å². The smallest absolute Gasteiger partial charge is 0.235 e. The molecule has 0 aliphatic rings. The fourth-order valence-corrected chi connectivity index (χ4v) is 3.23. The number of pyridine rings is 1. The number of rotatable bonds is 5. The Hall–Kier alpha value is -1.85. The molecule has 1 N–H and O–H groups in total. The van der Waals surface area contributed by atoms with Gasteiger partial charge in [-0.1, -0.05) is 42.5 Å². The Balaban J connectivity index is 1.51. The number of nitrogens with zero attached hydrogens (tertiary/aromatic N) is 1. The number of anilines is 1. The molecule has 0 fully saturated rings. The van der Waals surface area contributed by atoms with Crippen LogP contribution in [0.25, 0.3) is 10.8 Å². The first kappa shape index (κ1) is 16.0. The van der Waals surface area contributed by atoms with Crippen LogP contribution < -0.4 is 5.32 Å². The fourth-order valence-electron chi connectivity index (χ4n) is 2.22. The lowest BCUT2D eigenvalue weighted by Crippen LogP contribution is -2.15. The SMILES string of the molecule is O=C(CSCc1ccc2ccccc2c1)Nc1ccc(Br)cn1. The van der Waals surface area contributed by atoms with Crippen molar-refractivity contribution >= 4 is 50.2 Å². The second kappa shape index (κ2) is 7.62. The van der Waals surface area contributed by atoms with E-state index >= 15 is 0 Å². The number of fused-ring (bicyclic) bond motifs is 1. The molecule has 1 amide bonds. The summed E-state index contributed by atoms with van der Waals surface area (Å²) >= 11 is 4.91. The summed E-state index contributed by atoms with van der Waals surface area (Å²) in [5.41, 5.74) is 1.23. The van der Waals surface area contributed by atoms with Crippen molar-refractivity contribution in [3.05, 3.63) is 70.8 Å². The van der Waals surface area contributed by atoms with Crippen molar-refractivity contribution in [3.8, 4) is 0 Å². The van der Waals surface area contributed by atoms with Gasteiger partial charge in [-0.2, -0.15) is 0 Å². The number of hydrogen-bond donors (Lipinski definition) is 1. The van der Waals surface area contributed by atoms with Crippen molar-refractivity contribution in [2.45, 2.75) is 5.75 Å². The number of carbonyl (C=O) groups excluding carboxylic acids is 1. The van der Waals surface area contributed by atoms with Crippen molar-refractivity contribution in [3.63, 3.8) is 0 Å². The Labute approximate surface area is 147 Å². The largest absolute Gasteiger partial charge is 0.310 e. The standard InChI is InChI=1S/C18H15BrN2OS/c19-16-7-8-17(20-10-16)21-18(22)12-23-11-13-5-6-14-3-1-2-4-15(14)9-13/h1-10H,11-12H2,(H,20,21,22). The van der Waals surface area contributed by atoms with E-state index < -0.39 is 0 Å². The summed E-state index contributed by atoms with van der Waals surface area (Å²) in [7, 11) is 0. The van der Waals surface area contributed by atoms with Gasteiger partial charge >= 0.3 is 0 Å². The minimum absolute atomic E-state index is 0.0365. The molecule has 5 heteroatoms. The average Bonchev–Trinajstić information content (AvgIpc) is 2.57. The second-order valence-corrected chi connectivity index (χ2v) is 6.99. The van der Waals surface area contributed by atoms with Gasteiger partial charge < -0.3 is 5.32 Å². The van der Waals surface area contributed by atoms with Gasteiger partial charge in [-0.3, -0.25) is 4.79 Å². The Morgan fingerprint density at radius 2 is 1.91 bits per heavy atom. The van der Waals surface area contributed by atoms with Crippen molar-refractivity contribution in [2.75, 3.05) is 11.1 Å². The van der Waals surface area contributed by atoms with E-state index in [9.17, 15) is 4.79 Å². The van der Waals surface area contributed by atoms with E-state index in [4.69, 9.17) is 0 Å². The monoisotopic (exact) mass is 386 g/mol. The Morgan fingerprint density at radius 1 is 1.09 bits per heavy atom. The Bertz CT molecular complexity index is 821. The molecule has 116 valence electrons. The van der Waals surface area contributed by atoms with Gasteiger partial charge in [-0.05, 0) is 44.4 Å². The number of thioether (sulfide) groups is 1. The van der Waals surface area contributed by atoms with E-state index in [0.717, 1.165) is 10.2 Å². The third kappa shape index (κ3) is 4.56. The highest BCUT2D eigenvalue weighted by Gasteiger charge is 2.04. The minimum Gasteiger partial charge on any atom is -0.310 e. The molecule has 23 heavy (non-hydrogen) atoms. The maximum atomic E-state index is 11.9. The maximum Gasteiger partial charge on any atom is 0.235 e. The number of benzene rings is 2. The quantitative estimate of drug-likeness (QED) is 0.679. The van der Waals surface area contributed by atoms with Crippen molar-refractivity contribution in [1.29, 1.82) is 0 Å². The molecule has 3 aromatic rings. The molecule has 0 bridgehead atoms. The zero-order chi connectivity index (χ0) is 16.1. The van der Waals surface area contributed by atoms with Gasteiger partial charge in [0.05, 0.1) is 5.75 Å². The van der Waals surface area contributed by atoms with Crippen LogP contribution in [0.15, 0.2) is 65.3 Å². The summed E-state index contributed by atoms with van der Waals surface area (Å²) in [6.45, 7) is 0. The number of aromatic nitrogens is 1. The lowest BCUT2D eigenvalue weighted by molar-refractivity contribution is -0.113. The minimum atomic E-state index is -0.0365. The second-order valence-electron chi connectivity index (χ2n) is 5.08. The molecule has 0 aliphatic carbocycles. The fraction of sp³-hybridized carbons (Fsp3) is 0.111. The number of halogens is 1. The lowest BCUT2D eigenvalue weighted by Gasteiger charge is -2.05. The summed E-state index contributed by atoms with van der Waals surface area (Å²) in [6, 6.07) is 18.3. The van der Waals surface area contributed by atoms with E-state index in [1.807, 2.05) is 18.2 Å². The molecule has 1 heterocycles. The normalized spacial score (nSPS) is 10.7. The molecular weight excluding hydrogens is 372 g/mol. The van der Waals surface area contributed by atoms with Crippen LogP contribution in [0.4, 0.5) is 5.82 Å². The topological polar surface area (TPSA) is 42.0 Å². The highest BCUT2D eigenvalue weighted by atomic mass is 79.9. The molecule has 0 saturated heterocycles. The zero-order valence-corrected chi connectivity index (χ0v) is 14.7. The van der Waals surface area contributed by atoms with Crippen LogP contribution in [0.1, 0.15) is 5.56 Å². The van der Waals surface area contributed by atoms with Crippen LogP contribution in [-0.4, -0.2) is 16.6 Å².